The molecule has 0 fully saturated rings. The van der Waals surface area contributed by atoms with Crippen molar-refractivity contribution in [3.63, 3.8) is 0 Å². The van der Waals surface area contributed by atoms with Gasteiger partial charge in [-0.1, -0.05) is 17.7 Å². The third-order valence-corrected chi connectivity index (χ3v) is 4.14. The lowest BCUT2D eigenvalue weighted by Crippen LogP contribution is -2.15. The lowest BCUT2D eigenvalue weighted by molar-refractivity contribution is 0.102. The number of methoxy groups -OCH3 is 1. The molecule has 0 atom stereocenters. The van der Waals surface area contributed by atoms with Crippen LogP contribution >= 0.6 is 11.6 Å². The largest absolute Gasteiger partial charge is 0.497 e. The van der Waals surface area contributed by atoms with Gasteiger partial charge in [0.2, 0.25) is 0 Å². The summed E-state index contributed by atoms with van der Waals surface area (Å²) >= 11 is 6.01. The van der Waals surface area contributed by atoms with Crippen molar-refractivity contribution < 1.29 is 9.53 Å². The fourth-order valence-corrected chi connectivity index (χ4v) is 2.70. The molecule has 1 amide bonds. The zero-order chi connectivity index (χ0) is 17.3. The zero-order valence-corrected chi connectivity index (χ0v) is 14.4. The predicted molar refractivity (Wildman–Crippen MR) is 97.2 cm³/mol. The van der Waals surface area contributed by atoms with Crippen molar-refractivity contribution in [3.8, 4) is 5.75 Å². The molecule has 122 valence electrons. The number of ether oxygens (including phenoxy) is 1. The number of aryl methyl sites for hydroxylation is 2. The molecule has 0 aliphatic heterocycles. The van der Waals surface area contributed by atoms with Crippen LogP contribution in [0.15, 0.2) is 42.5 Å². The second kappa shape index (κ2) is 6.49. The van der Waals surface area contributed by atoms with E-state index in [2.05, 4.69) is 10.3 Å². The first kappa shape index (κ1) is 16.3. The molecule has 0 radical (unpaired) electrons. The van der Waals surface area contributed by atoms with Gasteiger partial charge in [0.25, 0.3) is 5.91 Å². The smallest absolute Gasteiger partial charge is 0.257 e. The molecular formula is C19H17ClN2O2. The molecule has 1 aromatic heterocycles. The van der Waals surface area contributed by atoms with Crippen molar-refractivity contribution in [2.75, 3.05) is 12.4 Å². The lowest BCUT2D eigenvalue weighted by atomic mass is 10.1. The highest BCUT2D eigenvalue weighted by Gasteiger charge is 2.13. The maximum absolute atomic E-state index is 12.7. The van der Waals surface area contributed by atoms with E-state index in [9.17, 15) is 4.79 Å². The van der Waals surface area contributed by atoms with Gasteiger partial charge in [-0.25, -0.2) is 0 Å². The van der Waals surface area contributed by atoms with Crippen molar-refractivity contribution in [3.05, 3.63) is 64.3 Å². The minimum absolute atomic E-state index is 0.213. The van der Waals surface area contributed by atoms with Crippen LogP contribution in [-0.4, -0.2) is 18.0 Å². The van der Waals surface area contributed by atoms with Crippen molar-refractivity contribution in [1.82, 2.24) is 4.98 Å². The summed E-state index contributed by atoms with van der Waals surface area (Å²) in [6.07, 6.45) is 0. The number of pyridine rings is 1. The van der Waals surface area contributed by atoms with Gasteiger partial charge >= 0.3 is 0 Å². The Kier molecular flexibility index (Phi) is 4.40. The third-order valence-electron chi connectivity index (χ3n) is 3.90. The van der Waals surface area contributed by atoms with Gasteiger partial charge in [-0.2, -0.15) is 0 Å². The number of benzene rings is 2. The summed E-state index contributed by atoms with van der Waals surface area (Å²) < 4.78 is 5.23. The van der Waals surface area contributed by atoms with Crippen LogP contribution in [0.4, 0.5) is 5.69 Å². The standard InChI is InChI=1S/C19H17ClN2O2/c1-11-4-5-14(20)10-18(11)22-19(23)16-9-13-8-15(24-3)6-7-17(13)21-12(16)2/h4-10H,1-3H3,(H,22,23). The summed E-state index contributed by atoms with van der Waals surface area (Å²) in [7, 11) is 1.61. The van der Waals surface area contributed by atoms with Crippen LogP contribution in [-0.2, 0) is 0 Å². The monoisotopic (exact) mass is 340 g/mol. The van der Waals surface area contributed by atoms with E-state index in [1.54, 1.807) is 19.2 Å². The molecule has 0 saturated carbocycles. The number of halogens is 1. The van der Waals surface area contributed by atoms with Crippen LogP contribution < -0.4 is 10.1 Å². The molecule has 0 bridgehead atoms. The third kappa shape index (κ3) is 3.19. The number of nitrogens with zero attached hydrogens (tertiary/aromatic N) is 1. The van der Waals surface area contributed by atoms with Gasteiger partial charge in [0.15, 0.2) is 0 Å². The number of anilines is 1. The molecule has 0 spiro atoms. The van der Waals surface area contributed by atoms with Crippen LogP contribution in [0.25, 0.3) is 10.9 Å². The minimum Gasteiger partial charge on any atom is -0.497 e. The second-order valence-corrected chi connectivity index (χ2v) is 6.03. The van der Waals surface area contributed by atoms with Gasteiger partial charge < -0.3 is 10.1 Å². The highest BCUT2D eigenvalue weighted by Crippen LogP contribution is 2.24. The van der Waals surface area contributed by atoms with Crippen molar-refractivity contribution in [2.24, 2.45) is 0 Å². The molecule has 5 heteroatoms. The van der Waals surface area contributed by atoms with E-state index in [0.717, 1.165) is 22.2 Å². The Morgan fingerprint density at radius 2 is 1.92 bits per heavy atom. The van der Waals surface area contributed by atoms with E-state index in [4.69, 9.17) is 16.3 Å². The molecule has 2 aromatic carbocycles. The molecule has 0 saturated heterocycles. The summed E-state index contributed by atoms with van der Waals surface area (Å²) in [4.78, 5) is 17.2. The highest BCUT2D eigenvalue weighted by molar-refractivity contribution is 6.31. The first-order valence-electron chi connectivity index (χ1n) is 7.51. The van der Waals surface area contributed by atoms with Gasteiger partial charge in [0.1, 0.15) is 5.75 Å². The molecule has 3 aromatic rings. The number of hydrogen-bond donors (Lipinski definition) is 1. The first-order valence-corrected chi connectivity index (χ1v) is 7.88. The molecule has 1 N–H and O–H groups in total. The molecule has 0 unspecified atom stereocenters. The summed E-state index contributed by atoms with van der Waals surface area (Å²) in [5.41, 5.74) is 3.65. The Balaban J connectivity index is 1.99. The van der Waals surface area contributed by atoms with Crippen LogP contribution in [0.5, 0.6) is 5.75 Å². The molecule has 3 rings (SSSR count). The molecule has 4 nitrogen and oxygen atoms in total. The van der Waals surface area contributed by atoms with Crippen LogP contribution in [0, 0.1) is 13.8 Å². The Labute approximate surface area is 145 Å². The number of nitrogens with one attached hydrogen (secondary N) is 1. The Morgan fingerprint density at radius 1 is 1.12 bits per heavy atom. The fourth-order valence-electron chi connectivity index (χ4n) is 2.53. The molecule has 0 aliphatic carbocycles. The number of aromatic nitrogens is 1. The second-order valence-electron chi connectivity index (χ2n) is 5.59. The predicted octanol–water partition coefficient (Wildman–Crippen LogP) is 4.77. The number of rotatable bonds is 3. The van der Waals surface area contributed by atoms with Crippen LogP contribution in [0.3, 0.4) is 0 Å². The SMILES string of the molecule is COc1ccc2nc(C)c(C(=O)Nc3cc(Cl)ccc3C)cc2c1. The minimum atomic E-state index is -0.213. The number of carbonyl (C=O) groups is 1. The maximum atomic E-state index is 12.7. The number of amides is 1. The topological polar surface area (TPSA) is 51.2 Å². The van der Waals surface area contributed by atoms with E-state index in [1.165, 1.54) is 0 Å². The molecule has 24 heavy (non-hydrogen) atoms. The van der Waals surface area contributed by atoms with Crippen molar-refractivity contribution in [1.29, 1.82) is 0 Å². The van der Waals surface area contributed by atoms with Gasteiger partial charge in [0.05, 0.1) is 23.9 Å². The van der Waals surface area contributed by atoms with Gasteiger partial charge in [0, 0.05) is 16.1 Å². The van der Waals surface area contributed by atoms with Crippen LogP contribution in [0.2, 0.25) is 5.02 Å². The first-order chi connectivity index (χ1) is 11.5. The summed E-state index contributed by atoms with van der Waals surface area (Å²) in [5.74, 6) is 0.514. The summed E-state index contributed by atoms with van der Waals surface area (Å²) in [6.45, 7) is 3.74. The van der Waals surface area contributed by atoms with Gasteiger partial charge in [-0.3, -0.25) is 9.78 Å². The Hall–Kier alpha value is -2.59. The average molecular weight is 341 g/mol. The maximum Gasteiger partial charge on any atom is 0.257 e. The highest BCUT2D eigenvalue weighted by atomic mass is 35.5. The average Bonchev–Trinajstić information content (AvgIpc) is 2.57. The Morgan fingerprint density at radius 3 is 2.67 bits per heavy atom. The fraction of sp³-hybridized carbons (Fsp3) is 0.158. The molecular weight excluding hydrogens is 324 g/mol. The summed E-state index contributed by atoms with van der Waals surface area (Å²) in [5, 5.41) is 4.34. The quantitative estimate of drug-likeness (QED) is 0.747. The van der Waals surface area contributed by atoms with Gasteiger partial charge in [-0.15, -0.1) is 0 Å². The molecule has 0 aliphatic rings. The van der Waals surface area contributed by atoms with E-state index < -0.39 is 0 Å². The van der Waals surface area contributed by atoms with Gasteiger partial charge in [-0.05, 0) is 55.8 Å². The van der Waals surface area contributed by atoms with E-state index in [1.807, 2.05) is 44.2 Å². The lowest BCUT2D eigenvalue weighted by Gasteiger charge is -2.11. The van der Waals surface area contributed by atoms with E-state index in [0.29, 0.717) is 22.0 Å². The molecule has 1 heterocycles. The van der Waals surface area contributed by atoms with Crippen LogP contribution in [0.1, 0.15) is 21.6 Å². The number of hydrogen-bond acceptors (Lipinski definition) is 3. The normalized spacial score (nSPS) is 10.7. The van der Waals surface area contributed by atoms with Crippen molar-refractivity contribution >= 4 is 34.1 Å². The summed E-state index contributed by atoms with van der Waals surface area (Å²) in [6, 6.07) is 12.8. The number of carbonyl (C=O) groups excluding carboxylic acids is 1. The zero-order valence-electron chi connectivity index (χ0n) is 13.7. The van der Waals surface area contributed by atoms with E-state index >= 15 is 0 Å². The Bertz CT molecular complexity index is 938. The van der Waals surface area contributed by atoms with Crippen molar-refractivity contribution in [2.45, 2.75) is 13.8 Å². The number of fused-ring (bicyclic) bond motifs is 1. The van der Waals surface area contributed by atoms with E-state index in [-0.39, 0.29) is 5.91 Å².